The van der Waals surface area contributed by atoms with Gasteiger partial charge in [0.1, 0.15) is 18.1 Å². The molecule has 1 atom stereocenters. The number of amides is 1. The second kappa shape index (κ2) is 13.6. The smallest absolute Gasteiger partial charge is 0.414 e. The van der Waals surface area contributed by atoms with Gasteiger partial charge >= 0.3 is 12.1 Å². The van der Waals surface area contributed by atoms with Gasteiger partial charge in [-0.25, -0.2) is 9.59 Å². The summed E-state index contributed by atoms with van der Waals surface area (Å²) in [5, 5.41) is 3.51. The van der Waals surface area contributed by atoms with Crippen LogP contribution in [0.25, 0.3) is 16.7 Å². The van der Waals surface area contributed by atoms with Crippen LogP contribution in [0, 0.1) is 6.92 Å². The Balaban J connectivity index is 1.64. The fourth-order valence-corrected chi connectivity index (χ4v) is 5.13. The van der Waals surface area contributed by atoms with Gasteiger partial charge in [-0.1, -0.05) is 29.8 Å². The zero-order valence-electron chi connectivity index (χ0n) is 25.6. The second-order valence-corrected chi connectivity index (χ2v) is 11.0. The van der Waals surface area contributed by atoms with E-state index in [-0.39, 0.29) is 18.6 Å². The van der Waals surface area contributed by atoms with Crippen molar-refractivity contribution in [1.29, 1.82) is 0 Å². The van der Waals surface area contributed by atoms with E-state index in [1.54, 1.807) is 43.3 Å². The maximum atomic E-state index is 13.0. The zero-order valence-corrected chi connectivity index (χ0v) is 25.6. The van der Waals surface area contributed by atoms with Crippen molar-refractivity contribution in [2.75, 3.05) is 46.7 Å². The second-order valence-electron chi connectivity index (χ2n) is 11.0. The van der Waals surface area contributed by atoms with Crippen LogP contribution in [0.3, 0.4) is 0 Å². The van der Waals surface area contributed by atoms with E-state index in [4.69, 9.17) is 14.2 Å². The highest BCUT2D eigenvalue weighted by Crippen LogP contribution is 2.42. The lowest BCUT2D eigenvalue weighted by atomic mass is 9.88. The average Bonchev–Trinajstić information content (AvgIpc) is 2.95. The molecule has 0 saturated heterocycles. The van der Waals surface area contributed by atoms with Crippen molar-refractivity contribution >= 4 is 23.3 Å². The molecule has 1 amide bonds. The van der Waals surface area contributed by atoms with Crippen LogP contribution in [0.4, 0.5) is 10.5 Å². The van der Waals surface area contributed by atoms with Crippen LogP contribution in [0.5, 0.6) is 11.5 Å². The zero-order chi connectivity index (χ0) is 30.4. The lowest BCUT2D eigenvalue weighted by Gasteiger charge is -2.27. The van der Waals surface area contributed by atoms with Gasteiger partial charge in [-0.15, -0.1) is 0 Å². The maximum Gasteiger partial charge on any atom is 0.414 e. The number of allylic oxidation sites excluding steroid dienone is 1. The maximum absolute atomic E-state index is 13.0. The molecule has 3 aromatic carbocycles. The molecule has 1 aliphatic rings. The Hall–Kier alpha value is -4.30. The third kappa shape index (κ3) is 7.31. The molecule has 1 unspecified atom stereocenters. The topological polar surface area (TPSA) is 80.3 Å². The third-order valence-electron chi connectivity index (χ3n) is 7.30. The number of hydrogen-bond donors (Lipinski definition) is 1. The van der Waals surface area contributed by atoms with Crippen LogP contribution < -0.4 is 14.8 Å². The number of aryl methyl sites for hydroxylation is 1. The van der Waals surface area contributed by atoms with Crippen molar-refractivity contribution in [2.24, 2.45) is 0 Å². The van der Waals surface area contributed by atoms with E-state index in [1.165, 1.54) is 0 Å². The molecule has 0 aliphatic carbocycles. The summed E-state index contributed by atoms with van der Waals surface area (Å²) in [7, 11) is 7.32. The average molecular weight is 572 g/mol. The van der Waals surface area contributed by atoms with E-state index in [2.05, 4.69) is 30.1 Å². The fraction of sp³-hybridized carbons (Fsp3) is 0.353. The number of methoxy groups -OCH3 is 1. The minimum Gasteiger partial charge on any atom is -0.496 e. The first-order chi connectivity index (χ1) is 20.1. The van der Waals surface area contributed by atoms with Gasteiger partial charge < -0.3 is 29.3 Å². The number of fused-ring (bicyclic) bond motifs is 1. The first-order valence-corrected chi connectivity index (χ1v) is 14.2. The molecular formula is C34H41N3O5. The number of nitrogens with zero attached hydrogens (tertiary/aromatic N) is 2. The van der Waals surface area contributed by atoms with Gasteiger partial charge in [0.2, 0.25) is 0 Å². The van der Waals surface area contributed by atoms with Gasteiger partial charge in [0.25, 0.3) is 0 Å². The number of anilines is 1. The van der Waals surface area contributed by atoms with Crippen molar-refractivity contribution in [3.05, 3.63) is 82.9 Å². The number of hydrogen-bond acceptors (Lipinski definition) is 7. The monoisotopic (exact) mass is 571 g/mol. The Morgan fingerprint density at radius 3 is 2.33 bits per heavy atom. The van der Waals surface area contributed by atoms with E-state index in [0.29, 0.717) is 23.6 Å². The molecular weight excluding hydrogens is 530 g/mol. The van der Waals surface area contributed by atoms with E-state index < -0.39 is 6.09 Å². The number of rotatable bonds is 10. The highest BCUT2D eigenvalue weighted by Gasteiger charge is 2.24. The molecule has 0 saturated carbocycles. The predicted molar refractivity (Wildman–Crippen MR) is 167 cm³/mol. The van der Waals surface area contributed by atoms with Crippen molar-refractivity contribution in [2.45, 2.75) is 39.8 Å². The summed E-state index contributed by atoms with van der Waals surface area (Å²) in [6.45, 7) is 7.69. The molecule has 0 radical (unpaired) electrons. The molecule has 4 rings (SSSR count). The minimum atomic E-state index is -0.429. The van der Waals surface area contributed by atoms with E-state index in [1.807, 2.05) is 51.4 Å². The summed E-state index contributed by atoms with van der Waals surface area (Å²) in [5.41, 5.74) is 7.18. The van der Waals surface area contributed by atoms with E-state index in [0.717, 1.165) is 52.0 Å². The fourth-order valence-electron chi connectivity index (χ4n) is 5.13. The molecule has 0 aromatic heterocycles. The normalized spacial score (nSPS) is 14.0. The largest absolute Gasteiger partial charge is 0.496 e. The molecule has 222 valence electrons. The lowest BCUT2D eigenvalue weighted by Crippen LogP contribution is -2.32. The Morgan fingerprint density at radius 1 is 0.929 bits per heavy atom. The van der Waals surface area contributed by atoms with Crippen LogP contribution in [0.2, 0.25) is 0 Å². The van der Waals surface area contributed by atoms with E-state index >= 15 is 0 Å². The summed E-state index contributed by atoms with van der Waals surface area (Å²) in [6, 6.07) is 16.9. The molecule has 8 heteroatoms. The third-order valence-corrected chi connectivity index (χ3v) is 7.30. The highest BCUT2D eigenvalue weighted by atomic mass is 16.6. The molecule has 8 nitrogen and oxygen atoms in total. The minimum absolute atomic E-state index is 0.0735. The van der Waals surface area contributed by atoms with Crippen LogP contribution in [0.1, 0.15) is 47.3 Å². The number of benzene rings is 3. The van der Waals surface area contributed by atoms with Gasteiger partial charge in [0.15, 0.2) is 0 Å². The van der Waals surface area contributed by atoms with Crippen LogP contribution in [-0.2, 0) is 11.3 Å². The molecule has 1 heterocycles. The molecule has 0 bridgehead atoms. The molecule has 42 heavy (non-hydrogen) atoms. The van der Waals surface area contributed by atoms with Crippen molar-refractivity contribution in [3.63, 3.8) is 0 Å². The number of esters is 1. The number of ether oxygens (including phenoxy) is 3. The van der Waals surface area contributed by atoms with E-state index in [9.17, 15) is 9.59 Å². The molecule has 1 N–H and O–H groups in total. The molecule has 3 aromatic rings. The Morgan fingerprint density at radius 2 is 1.64 bits per heavy atom. The van der Waals surface area contributed by atoms with Gasteiger partial charge in [0.05, 0.1) is 12.7 Å². The summed E-state index contributed by atoms with van der Waals surface area (Å²) < 4.78 is 17.3. The van der Waals surface area contributed by atoms with Gasteiger partial charge in [-0.3, -0.25) is 0 Å². The number of carbonyl (C=O) groups excluding carboxylic acids is 2. The van der Waals surface area contributed by atoms with Gasteiger partial charge in [-0.2, -0.15) is 0 Å². The Labute approximate surface area is 248 Å². The first-order valence-electron chi connectivity index (χ1n) is 14.2. The van der Waals surface area contributed by atoms with Crippen molar-refractivity contribution in [1.82, 2.24) is 9.80 Å². The highest BCUT2D eigenvalue weighted by molar-refractivity contribution is 5.91. The number of nitrogens with one attached hydrogen (secondary N) is 1. The predicted octanol–water partition coefficient (Wildman–Crippen LogP) is 6.63. The Bertz CT molecular complexity index is 1460. The molecule has 1 aliphatic heterocycles. The quantitative estimate of drug-likeness (QED) is 0.274. The summed E-state index contributed by atoms with van der Waals surface area (Å²) in [4.78, 5) is 29.3. The van der Waals surface area contributed by atoms with Crippen molar-refractivity contribution < 1.29 is 23.8 Å². The summed E-state index contributed by atoms with van der Waals surface area (Å²) in [6.07, 6.45) is 2.58. The first kappa shape index (κ1) is 30.7. The van der Waals surface area contributed by atoms with Gasteiger partial charge in [-0.05, 0) is 89.3 Å². The molecule has 0 fully saturated rings. The molecule has 0 spiro atoms. The van der Waals surface area contributed by atoms with Crippen LogP contribution >= 0.6 is 0 Å². The SMILES string of the molecule is COc1cc(OC(=O)N(C)CCCN(C)C)ccc1-c1ccc2c(c1COC(=O)c1ccc(C)cc1)C(C)=CC(C)N2. The van der Waals surface area contributed by atoms with Gasteiger partial charge in [0, 0.05) is 48.1 Å². The Kier molecular flexibility index (Phi) is 9.91. The number of carbonyl (C=O) groups is 2. The van der Waals surface area contributed by atoms with Crippen LogP contribution in [0.15, 0.2) is 60.7 Å². The summed E-state index contributed by atoms with van der Waals surface area (Å²) >= 11 is 0. The standard InChI is InChI=1S/C34H41N3O5/c1-22-9-11-25(12-10-22)33(38)41-21-29-27(15-16-30-32(29)23(2)19-24(3)35-30)28-14-13-26(20-31(28)40-7)42-34(39)37(6)18-8-17-36(4)5/h9-16,19-20,24,35H,8,17-18,21H2,1-7H3. The summed E-state index contributed by atoms with van der Waals surface area (Å²) in [5.74, 6) is 0.540. The van der Waals surface area contributed by atoms with Crippen molar-refractivity contribution in [3.8, 4) is 22.6 Å². The van der Waals surface area contributed by atoms with Crippen LogP contribution in [-0.4, -0.2) is 69.2 Å². The lowest BCUT2D eigenvalue weighted by molar-refractivity contribution is 0.0473.